The van der Waals surface area contributed by atoms with Crippen LogP contribution in [0.1, 0.15) is 239 Å². The Labute approximate surface area is 490 Å². The first kappa shape index (κ1) is 74.1. The van der Waals surface area contributed by atoms with Gasteiger partial charge >= 0.3 is 23.9 Å². The molecule has 0 spiro atoms. The third-order valence-corrected chi connectivity index (χ3v) is 13.5. The summed E-state index contributed by atoms with van der Waals surface area (Å²) in [6.45, 7) is 5.75. The molecule has 0 aromatic carbocycles. The van der Waals surface area contributed by atoms with E-state index in [1.54, 1.807) is 0 Å². The molecule has 1 fully saturated rings. The predicted molar refractivity (Wildman–Crippen MR) is 330 cm³/mol. The molecule has 12 heteroatoms. The van der Waals surface area contributed by atoms with Crippen LogP contribution in [-0.2, 0) is 42.9 Å². The van der Waals surface area contributed by atoms with Crippen LogP contribution in [0, 0.1) is 0 Å². The molecule has 1 saturated heterocycles. The first-order valence-corrected chi connectivity index (χ1v) is 31.5. The number of ether oxygens (including phenoxy) is 5. The molecular formula is C69H110O12. The monoisotopic (exact) mass is 1130 g/mol. The quantitative estimate of drug-likeness (QED) is 0.0228. The summed E-state index contributed by atoms with van der Waals surface area (Å²) in [6.07, 6.45) is 64.6. The Balaban J connectivity index is 2.71. The minimum absolute atomic E-state index is 0.0724. The Morgan fingerprint density at radius 1 is 0.420 bits per heavy atom. The molecule has 1 aliphatic rings. The molecule has 1 heterocycles. The summed E-state index contributed by atoms with van der Waals surface area (Å²) in [5.74, 6) is -3.26. The fourth-order valence-corrected chi connectivity index (χ4v) is 8.70. The van der Waals surface area contributed by atoms with Crippen molar-refractivity contribution in [2.45, 2.75) is 276 Å². The van der Waals surface area contributed by atoms with Crippen molar-refractivity contribution < 1.29 is 58.2 Å². The molecule has 12 nitrogen and oxygen atoms in total. The minimum atomic E-state index is -1.94. The topological polar surface area (TPSA) is 175 Å². The van der Waals surface area contributed by atoms with Crippen LogP contribution in [0.3, 0.4) is 0 Å². The maximum absolute atomic E-state index is 13.2. The van der Waals surface area contributed by atoms with Crippen LogP contribution >= 0.6 is 0 Å². The summed E-state index contributed by atoms with van der Waals surface area (Å²) < 4.78 is 28.4. The van der Waals surface area contributed by atoms with Gasteiger partial charge < -0.3 is 39.0 Å². The maximum atomic E-state index is 13.2. The van der Waals surface area contributed by atoms with Crippen molar-refractivity contribution in [2.24, 2.45) is 0 Å². The van der Waals surface area contributed by atoms with Gasteiger partial charge in [0.05, 0.1) is 6.61 Å². The van der Waals surface area contributed by atoms with E-state index in [0.717, 1.165) is 116 Å². The van der Waals surface area contributed by atoms with Crippen molar-refractivity contribution in [2.75, 3.05) is 13.2 Å². The van der Waals surface area contributed by atoms with E-state index in [1.165, 1.54) is 57.8 Å². The van der Waals surface area contributed by atoms with E-state index in [2.05, 4.69) is 124 Å². The lowest BCUT2D eigenvalue weighted by Gasteiger charge is -2.40. The molecule has 0 aromatic rings. The normalized spacial score (nSPS) is 18.6. The van der Waals surface area contributed by atoms with E-state index in [0.29, 0.717) is 25.7 Å². The van der Waals surface area contributed by atoms with Crippen LogP contribution < -0.4 is 0 Å². The van der Waals surface area contributed by atoms with E-state index in [4.69, 9.17) is 23.7 Å². The van der Waals surface area contributed by atoms with E-state index >= 15 is 0 Å². The Morgan fingerprint density at radius 3 is 1.28 bits per heavy atom. The highest BCUT2D eigenvalue weighted by atomic mass is 16.7. The van der Waals surface area contributed by atoms with Gasteiger partial charge in [-0.3, -0.25) is 14.4 Å². The van der Waals surface area contributed by atoms with Gasteiger partial charge in [-0.15, -0.1) is 0 Å². The molecule has 0 radical (unpaired) electrons. The summed E-state index contributed by atoms with van der Waals surface area (Å²) >= 11 is 0. The Kier molecular flexibility index (Phi) is 50.9. The largest absolute Gasteiger partial charge is 0.479 e. The van der Waals surface area contributed by atoms with Gasteiger partial charge in [-0.1, -0.05) is 226 Å². The molecule has 1 rings (SSSR count). The van der Waals surface area contributed by atoms with Crippen molar-refractivity contribution in [3.05, 3.63) is 122 Å². The van der Waals surface area contributed by atoms with E-state index in [1.807, 2.05) is 18.2 Å². The number of carbonyl (C=O) groups is 4. The van der Waals surface area contributed by atoms with Gasteiger partial charge in [0.25, 0.3) is 0 Å². The van der Waals surface area contributed by atoms with Crippen LogP contribution in [0.4, 0.5) is 0 Å². The molecule has 0 saturated carbocycles. The highest BCUT2D eigenvalue weighted by Gasteiger charge is 2.50. The number of esters is 3. The number of hydrogen-bond acceptors (Lipinski definition) is 11. The summed E-state index contributed by atoms with van der Waals surface area (Å²) in [4.78, 5) is 51.2. The SMILES string of the molecule is CC/C=C\C/C=C\C/C=C\C/C=C\C/C=C\C/C=C\CCC(=O)OC1C(OCC(COC(=O)CCCCCCCCCCC/C=C\C/C=C\CCCCC)OC(=O)CCCCCCC/C=C\C/C=C\CCC)OC(C(=O)O)C(O)C1O. The summed E-state index contributed by atoms with van der Waals surface area (Å²) in [5.41, 5.74) is 0. The summed E-state index contributed by atoms with van der Waals surface area (Å²) in [7, 11) is 0. The second-order valence-electron chi connectivity index (χ2n) is 20.9. The predicted octanol–water partition coefficient (Wildman–Crippen LogP) is 16.8. The highest BCUT2D eigenvalue weighted by molar-refractivity contribution is 5.74. The number of aliphatic hydroxyl groups excluding tert-OH is 2. The molecule has 1 aliphatic heterocycles. The summed E-state index contributed by atoms with van der Waals surface area (Å²) in [5, 5.41) is 31.5. The molecule has 0 bridgehead atoms. The molecule has 0 aromatic heterocycles. The fourth-order valence-electron chi connectivity index (χ4n) is 8.70. The first-order chi connectivity index (χ1) is 39.6. The number of allylic oxidation sites excluding steroid dienone is 20. The summed E-state index contributed by atoms with van der Waals surface area (Å²) in [6, 6.07) is 0. The Morgan fingerprint density at radius 2 is 0.827 bits per heavy atom. The van der Waals surface area contributed by atoms with Crippen LogP contribution in [0.5, 0.6) is 0 Å². The number of aliphatic carboxylic acids is 1. The number of unbranched alkanes of at least 4 members (excludes halogenated alkanes) is 18. The van der Waals surface area contributed by atoms with Crippen molar-refractivity contribution in [3.63, 3.8) is 0 Å². The van der Waals surface area contributed by atoms with Crippen LogP contribution in [0.25, 0.3) is 0 Å². The number of rotatable bonds is 52. The number of carboxylic acids is 1. The maximum Gasteiger partial charge on any atom is 0.335 e. The zero-order valence-electron chi connectivity index (χ0n) is 50.5. The van der Waals surface area contributed by atoms with Gasteiger partial charge in [0.15, 0.2) is 24.6 Å². The van der Waals surface area contributed by atoms with E-state index < -0.39 is 67.3 Å². The molecule has 81 heavy (non-hydrogen) atoms. The first-order valence-electron chi connectivity index (χ1n) is 31.5. The van der Waals surface area contributed by atoms with Gasteiger partial charge in [-0.2, -0.15) is 0 Å². The number of carbonyl (C=O) groups excluding carboxylic acids is 3. The third kappa shape index (κ3) is 45.3. The van der Waals surface area contributed by atoms with Crippen molar-refractivity contribution in [1.82, 2.24) is 0 Å². The molecule has 458 valence electrons. The molecule has 6 atom stereocenters. The smallest absolute Gasteiger partial charge is 0.335 e. The lowest BCUT2D eigenvalue weighted by Crippen LogP contribution is -2.61. The highest BCUT2D eigenvalue weighted by Crippen LogP contribution is 2.26. The number of hydrogen-bond donors (Lipinski definition) is 3. The van der Waals surface area contributed by atoms with E-state index in [9.17, 15) is 34.5 Å². The van der Waals surface area contributed by atoms with Gasteiger partial charge in [-0.25, -0.2) is 4.79 Å². The van der Waals surface area contributed by atoms with Crippen molar-refractivity contribution in [1.29, 1.82) is 0 Å². The zero-order chi connectivity index (χ0) is 58.9. The second kappa shape index (κ2) is 55.6. The van der Waals surface area contributed by atoms with Crippen LogP contribution in [0.15, 0.2) is 122 Å². The molecule has 3 N–H and O–H groups in total. The number of carboxylic acid groups (broad SMARTS) is 1. The van der Waals surface area contributed by atoms with Crippen molar-refractivity contribution >= 4 is 23.9 Å². The lowest BCUT2D eigenvalue weighted by atomic mass is 9.98. The zero-order valence-corrected chi connectivity index (χ0v) is 50.5. The van der Waals surface area contributed by atoms with Gasteiger partial charge in [0.2, 0.25) is 0 Å². The minimum Gasteiger partial charge on any atom is -0.479 e. The van der Waals surface area contributed by atoms with E-state index in [-0.39, 0.29) is 25.9 Å². The van der Waals surface area contributed by atoms with Crippen LogP contribution in [-0.4, -0.2) is 89.2 Å². The van der Waals surface area contributed by atoms with Crippen molar-refractivity contribution in [3.8, 4) is 0 Å². The van der Waals surface area contributed by atoms with Crippen LogP contribution in [0.2, 0.25) is 0 Å². The van der Waals surface area contributed by atoms with Gasteiger partial charge in [0, 0.05) is 19.3 Å². The van der Waals surface area contributed by atoms with Gasteiger partial charge in [-0.05, 0) is 116 Å². The molecule has 0 amide bonds. The average Bonchev–Trinajstić information content (AvgIpc) is 3.54. The third-order valence-electron chi connectivity index (χ3n) is 13.5. The Bertz CT molecular complexity index is 1870. The van der Waals surface area contributed by atoms with Gasteiger partial charge in [0.1, 0.15) is 18.8 Å². The molecule has 6 unspecified atom stereocenters. The molecular weight excluding hydrogens is 1020 g/mol. The number of aliphatic hydroxyl groups is 2. The fraction of sp³-hybridized carbons (Fsp3) is 0.652. The second-order valence-corrected chi connectivity index (χ2v) is 20.9. The average molecular weight is 1130 g/mol. The Hall–Kier alpha value is -4.88. The lowest BCUT2D eigenvalue weighted by molar-refractivity contribution is -0.301. The molecule has 0 aliphatic carbocycles. The standard InChI is InChI=1S/C69H110O12/c1-4-7-10-13-16-19-22-25-27-29-31-33-35-38-40-43-46-49-52-55-61(70)77-58-60(79-62(71)56-53-50-47-44-41-37-24-21-18-15-12-9-6-3)59-78-69-67(65(74)64(73)66(81-69)68(75)76)80-63(72)57-54-51-48-45-42-39-36-34-32-30-28-26-23-20-17-14-11-8-5-2/h8,11-12,15-17,19-21,24-28,32,34,39,42,48,51,60,64-67,69,73-74H,4-7,9-10,13-14,18,22-23,29-31,33,35-38,40-41,43-47,49-50,52-59H2,1-3H3,(H,75,76)/b11-8-,15-12-,19-16-,20-17-,24-21-,27-25-,28-26-,34-32-,42-39-,51-48-.